The summed E-state index contributed by atoms with van der Waals surface area (Å²) in [4.78, 5) is 24.1. The lowest BCUT2D eigenvalue weighted by Crippen LogP contribution is -2.11. The molecule has 1 amide bonds. The predicted octanol–water partition coefficient (Wildman–Crippen LogP) is 5.80. The Morgan fingerprint density at radius 2 is 1.82 bits per heavy atom. The Labute approximate surface area is 197 Å². The topological polar surface area (TPSA) is 80.6 Å². The summed E-state index contributed by atoms with van der Waals surface area (Å²) >= 11 is 0. The summed E-state index contributed by atoms with van der Waals surface area (Å²) in [5.41, 5.74) is 4.01. The Bertz CT molecular complexity index is 1380. The first-order chi connectivity index (χ1) is 16.5. The van der Waals surface area contributed by atoms with Gasteiger partial charge in [0.15, 0.2) is 0 Å². The molecule has 1 heterocycles. The van der Waals surface area contributed by atoms with Gasteiger partial charge >= 0.3 is 5.97 Å². The number of anilines is 1. The molecule has 0 aliphatic heterocycles. The van der Waals surface area contributed by atoms with Crippen LogP contribution in [0.25, 0.3) is 22.0 Å². The maximum atomic E-state index is 12.6. The summed E-state index contributed by atoms with van der Waals surface area (Å²) in [6.07, 6.45) is 2.45. The highest BCUT2D eigenvalue weighted by atomic mass is 16.5. The van der Waals surface area contributed by atoms with Crippen LogP contribution < -0.4 is 10.1 Å². The fraction of sp³-hybridized carbons (Fsp3) is 0.214. The first-order valence-electron chi connectivity index (χ1n) is 11.4. The summed E-state index contributed by atoms with van der Waals surface area (Å²) < 4.78 is 7.78. The van der Waals surface area contributed by atoms with E-state index < -0.39 is 5.97 Å². The number of fused-ring (bicyclic) bond motifs is 1. The molecule has 2 N–H and O–H groups in total. The van der Waals surface area contributed by atoms with Gasteiger partial charge in [0.1, 0.15) is 11.4 Å². The van der Waals surface area contributed by atoms with Crippen LogP contribution in [0.4, 0.5) is 5.69 Å². The molecule has 1 saturated carbocycles. The standard InChI is InChI=1S/C28H26N2O4/c1-18(31)29-22-8-5-7-21(15-22)26-24-10-2-3-11-25(24)30(27(26)28(32)33)16-20-6-4-9-23(14-20)34-17-19-12-13-19/h2-11,14-15,19H,12-13,16-17H2,1H3,(H,29,31)(H,32,33). The fourth-order valence-electron chi connectivity index (χ4n) is 4.35. The number of carboxylic acid groups (broad SMARTS) is 1. The minimum Gasteiger partial charge on any atom is -0.493 e. The van der Waals surface area contributed by atoms with Gasteiger partial charge in [0.2, 0.25) is 5.91 Å². The fourth-order valence-corrected chi connectivity index (χ4v) is 4.35. The Hall–Kier alpha value is -4.06. The quantitative estimate of drug-likeness (QED) is 0.352. The van der Waals surface area contributed by atoms with Gasteiger partial charge in [0.25, 0.3) is 0 Å². The Morgan fingerprint density at radius 1 is 1.03 bits per heavy atom. The van der Waals surface area contributed by atoms with Crippen molar-refractivity contribution in [3.8, 4) is 16.9 Å². The maximum Gasteiger partial charge on any atom is 0.353 e. The summed E-state index contributed by atoms with van der Waals surface area (Å²) in [5.74, 6) is 0.284. The first-order valence-corrected chi connectivity index (χ1v) is 11.4. The van der Waals surface area contributed by atoms with Crippen LogP contribution in [0, 0.1) is 5.92 Å². The molecule has 0 atom stereocenters. The molecule has 0 spiro atoms. The number of benzene rings is 3. The van der Waals surface area contributed by atoms with Gasteiger partial charge in [-0.15, -0.1) is 0 Å². The molecule has 4 aromatic rings. The second kappa shape index (κ2) is 9.06. The van der Waals surface area contributed by atoms with Gasteiger partial charge in [0.05, 0.1) is 6.61 Å². The van der Waals surface area contributed by atoms with Gasteiger partial charge in [-0.1, -0.05) is 42.5 Å². The van der Waals surface area contributed by atoms with E-state index >= 15 is 0 Å². The molecule has 1 aromatic heterocycles. The van der Waals surface area contributed by atoms with Crippen LogP contribution in [0.3, 0.4) is 0 Å². The highest BCUT2D eigenvalue weighted by Gasteiger charge is 2.24. The van der Waals surface area contributed by atoms with E-state index in [1.165, 1.54) is 19.8 Å². The number of amides is 1. The molecule has 3 aromatic carbocycles. The van der Waals surface area contributed by atoms with Gasteiger partial charge < -0.3 is 19.7 Å². The van der Waals surface area contributed by atoms with Gasteiger partial charge in [-0.3, -0.25) is 4.79 Å². The van der Waals surface area contributed by atoms with Crippen molar-refractivity contribution in [3.05, 3.63) is 84.1 Å². The zero-order valence-corrected chi connectivity index (χ0v) is 19.0. The average molecular weight is 455 g/mol. The average Bonchev–Trinajstić information content (AvgIpc) is 3.59. The summed E-state index contributed by atoms with van der Waals surface area (Å²) in [6.45, 7) is 2.57. The van der Waals surface area contributed by atoms with E-state index in [0.717, 1.165) is 34.4 Å². The SMILES string of the molecule is CC(=O)Nc1cccc(-c2c(C(=O)O)n(Cc3cccc(OCC4CC4)c3)c3ccccc23)c1. The van der Waals surface area contributed by atoms with Gasteiger partial charge in [-0.2, -0.15) is 0 Å². The van der Waals surface area contributed by atoms with Crippen molar-refractivity contribution in [2.24, 2.45) is 5.92 Å². The highest BCUT2D eigenvalue weighted by Crippen LogP contribution is 2.37. The van der Waals surface area contributed by atoms with Crippen LogP contribution in [0.5, 0.6) is 5.75 Å². The lowest BCUT2D eigenvalue weighted by Gasteiger charge is -2.12. The number of para-hydroxylation sites is 1. The van der Waals surface area contributed by atoms with Crippen LogP contribution in [-0.4, -0.2) is 28.2 Å². The monoisotopic (exact) mass is 454 g/mol. The molecule has 1 aliphatic carbocycles. The maximum absolute atomic E-state index is 12.6. The number of nitrogens with zero attached hydrogens (tertiary/aromatic N) is 1. The minimum absolute atomic E-state index is 0.179. The molecular weight excluding hydrogens is 428 g/mol. The molecule has 0 radical (unpaired) electrons. The number of rotatable bonds is 8. The molecule has 0 bridgehead atoms. The van der Waals surface area contributed by atoms with E-state index in [-0.39, 0.29) is 11.6 Å². The predicted molar refractivity (Wildman–Crippen MR) is 132 cm³/mol. The van der Waals surface area contributed by atoms with Crippen molar-refractivity contribution in [2.45, 2.75) is 26.3 Å². The van der Waals surface area contributed by atoms with Gasteiger partial charge in [0, 0.05) is 35.6 Å². The summed E-state index contributed by atoms with van der Waals surface area (Å²) in [7, 11) is 0. The molecule has 6 nitrogen and oxygen atoms in total. The number of carbonyl (C=O) groups is 2. The largest absolute Gasteiger partial charge is 0.493 e. The number of hydrogen-bond acceptors (Lipinski definition) is 3. The highest BCUT2D eigenvalue weighted by molar-refractivity contribution is 6.08. The minimum atomic E-state index is -1.00. The molecule has 0 saturated heterocycles. The molecule has 34 heavy (non-hydrogen) atoms. The zero-order chi connectivity index (χ0) is 23.7. The van der Waals surface area contributed by atoms with Crippen LogP contribution in [0.15, 0.2) is 72.8 Å². The Morgan fingerprint density at radius 3 is 2.59 bits per heavy atom. The van der Waals surface area contributed by atoms with Crippen LogP contribution in [0.2, 0.25) is 0 Å². The smallest absolute Gasteiger partial charge is 0.353 e. The summed E-state index contributed by atoms with van der Waals surface area (Å²) in [5, 5.41) is 13.9. The first kappa shape index (κ1) is 21.8. The summed E-state index contributed by atoms with van der Waals surface area (Å²) in [6, 6.07) is 22.9. The van der Waals surface area contributed by atoms with Gasteiger partial charge in [-0.05, 0) is 60.2 Å². The number of hydrogen-bond donors (Lipinski definition) is 2. The normalized spacial score (nSPS) is 13.1. The van der Waals surface area contributed by atoms with E-state index in [1.54, 1.807) is 6.07 Å². The van der Waals surface area contributed by atoms with Crippen LogP contribution in [0.1, 0.15) is 35.8 Å². The molecule has 5 rings (SSSR count). The van der Waals surface area contributed by atoms with Crippen molar-refractivity contribution in [3.63, 3.8) is 0 Å². The lowest BCUT2D eigenvalue weighted by molar-refractivity contribution is -0.114. The Kier molecular flexibility index (Phi) is 5.80. The van der Waals surface area contributed by atoms with E-state index in [1.807, 2.05) is 71.3 Å². The molecule has 1 aliphatic rings. The van der Waals surface area contributed by atoms with Crippen LogP contribution >= 0.6 is 0 Å². The molecule has 172 valence electrons. The third-order valence-corrected chi connectivity index (χ3v) is 6.07. The van der Waals surface area contributed by atoms with E-state index in [4.69, 9.17) is 4.74 Å². The van der Waals surface area contributed by atoms with Crippen molar-refractivity contribution in [2.75, 3.05) is 11.9 Å². The van der Waals surface area contributed by atoms with Crippen molar-refractivity contribution in [1.82, 2.24) is 4.57 Å². The zero-order valence-electron chi connectivity index (χ0n) is 19.0. The van der Waals surface area contributed by atoms with E-state index in [9.17, 15) is 14.7 Å². The molecule has 0 unspecified atom stereocenters. The lowest BCUT2D eigenvalue weighted by atomic mass is 10.0. The number of carboxylic acids is 1. The third kappa shape index (κ3) is 4.53. The van der Waals surface area contributed by atoms with Crippen molar-refractivity contribution >= 4 is 28.5 Å². The van der Waals surface area contributed by atoms with E-state index in [0.29, 0.717) is 23.7 Å². The second-order valence-corrected chi connectivity index (χ2v) is 8.80. The number of nitrogens with one attached hydrogen (secondary N) is 1. The van der Waals surface area contributed by atoms with Crippen molar-refractivity contribution < 1.29 is 19.4 Å². The van der Waals surface area contributed by atoms with Crippen molar-refractivity contribution in [1.29, 1.82) is 0 Å². The molecule has 6 heteroatoms. The number of aromatic carboxylic acids is 1. The van der Waals surface area contributed by atoms with Gasteiger partial charge in [-0.25, -0.2) is 4.79 Å². The number of carbonyl (C=O) groups excluding carboxylic acids is 1. The number of ether oxygens (including phenoxy) is 1. The van der Waals surface area contributed by atoms with E-state index in [2.05, 4.69) is 5.32 Å². The molecular formula is C28H26N2O4. The molecule has 1 fully saturated rings. The second-order valence-electron chi connectivity index (χ2n) is 8.80. The number of aromatic nitrogens is 1. The Balaban J connectivity index is 1.59. The third-order valence-electron chi connectivity index (χ3n) is 6.07. The van der Waals surface area contributed by atoms with Crippen LogP contribution in [-0.2, 0) is 11.3 Å².